The summed E-state index contributed by atoms with van der Waals surface area (Å²) in [5.41, 5.74) is 8.51. The van der Waals surface area contributed by atoms with E-state index < -0.39 is 5.91 Å². The standard InChI is InChI=1S/C32H40N2O5/c1-5-25-20-27(15-16-28(25)31(33)35)38-18-10-7-11-19-39-29-17-14-26(21-30(29)37-4)32(36)34(23(2)3)22-24-12-8-6-9-13-24/h6,8-9,12-17,20-21,23H,5,7,10-11,18-19,22H2,1-4H3,(H2,33,35). The summed E-state index contributed by atoms with van der Waals surface area (Å²) in [6.45, 7) is 7.67. The third kappa shape index (κ3) is 8.50. The smallest absolute Gasteiger partial charge is 0.254 e. The van der Waals surface area contributed by atoms with Gasteiger partial charge in [-0.05, 0) is 87.1 Å². The fourth-order valence-electron chi connectivity index (χ4n) is 4.30. The zero-order valence-corrected chi connectivity index (χ0v) is 23.4. The van der Waals surface area contributed by atoms with Crippen LogP contribution in [0.3, 0.4) is 0 Å². The number of unbranched alkanes of at least 4 members (excludes halogenated alkanes) is 2. The van der Waals surface area contributed by atoms with Gasteiger partial charge in [0.05, 0.1) is 20.3 Å². The van der Waals surface area contributed by atoms with Gasteiger partial charge in [-0.3, -0.25) is 9.59 Å². The van der Waals surface area contributed by atoms with E-state index in [0.29, 0.717) is 42.4 Å². The average molecular weight is 533 g/mol. The van der Waals surface area contributed by atoms with Gasteiger partial charge in [0.25, 0.3) is 5.91 Å². The topological polar surface area (TPSA) is 91.1 Å². The SMILES string of the molecule is CCc1cc(OCCCCCOc2ccc(C(=O)N(Cc3ccccc3)C(C)C)cc2OC)ccc1C(N)=O. The van der Waals surface area contributed by atoms with Crippen LogP contribution in [-0.2, 0) is 13.0 Å². The molecular weight excluding hydrogens is 492 g/mol. The van der Waals surface area contributed by atoms with E-state index in [1.165, 1.54) is 0 Å². The third-order valence-electron chi connectivity index (χ3n) is 6.53. The lowest BCUT2D eigenvalue weighted by atomic mass is 10.0. The Morgan fingerprint density at radius 2 is 1.59 bits per heavy atom. The molecule has 3 aromatic carbocycles. The molecule has 0 heterocycles. The van der Waals surface area contributed by atoms with Gasteiger partial charge in [0, 0.05) is 23.7 Å². The molecule has 0 spiro atoms. The maximum atomic E-state index is 13.3. The second kappa shape index (κ2) is 14.8. The zero-order valence-electron chi connectivity index (χ0n) is 23.4. The van der Waals surface area contributed by atoms with Crippen LogP contribution < -0.4 is 19.9 Å². The van der Waals surface area contributed by atoms with Crippen LogP contribution in [0.25, 0.3) is 0 Å². The number of nitrogens with zero attached hydrogens (tertiary/aromatic N) is 1. The van der Waals surface area contributed by atoms with Gasteiger partial charge in [0.2, 0.25) is 5.91 Å². The van der Waals surface area contributed by atoms with Crippen molar-refractivity contribution < 1.29 is 23.8 Å². The first-order valence-corrected chi connectivity index (χ1v) is 13.5. The summed E-state index contributed by atoms with van der Waals surface area (Å²) in [5.74, 6) is 1.43. The lowest BCUT2D eigenvalue weighted by Crippen LogP contribution is -2.36. The Kier molecular flexibility index (Phi) is 11.2. The monoisotopic (exact) mass is 532 g/mol. The highest BCUT2D eigenvalue weighted by atomic mass is 16.5. The highest BCUT2D eigenvalue weighted by Gasteiger charge is 2.21. The summed E-state index contributed by atoms with van der Waals surface area (Å²) in [6, 6.07) is 20.8. The molecule has 0 unspecified atom stereocenters. The third-order valence-corrected chi connectivity index (χ3v) is 6.53. The number of nitrogens with two attached hydrogens (primary N) is 1. The first-order chi connectivity index (χ1) is 18.8. The number of carbonyl (C=O) groups is 2. The molecule has 0 saturated heterocycles. The largest absolute Gasteiger partial charge is 0.494 e. The second-order valence-corrected chi connectivity index (χ2v) is 9.67. The predicted octanol–water partition coefficient (Wildman–Crippen LogP) is 6.04. The van der Waals surface area contributed by atoms with Gasteiger partial charge in [0.15, 0.2) is 11.5 Å². The number of benzene rings is 3. The fourth-order valence-corrected chi connectivity index (χ4v) is 4.30. The summed E-state index contributed by atoms with van der Waals surface area (Å²) in [6.07, 6.45) is 3.38. The van der Waals surface area contributed by atoms with E-state index in [9.17, 15) is 9.59 Å². The minimum Gasteiger partial charge on any atom is -0.494 e. The molecule has 0 aliphatic carbocycles. The number of carbonyl (C=O) groups excluding carboxylic acids is 2. The van der Waals surface area contributed by atoms with E-state index in [2.05, 4.69) is 0 Å². The van der Waals surface area contributed by atoms with Crippen molar-refractivity contribution in [3.8, 4) is 17.2 Å². The van der Waals surface area contributed by atoms with E-state index in [4.69, 9.17) is 19.9 Å². The van der Waals surface area contributed by atoms with Crippen LogP contribution >= 0.6 is 0 Å². The molecule has 2 amide bonds. The lowest BCUT2D eigenvalue weighted by Gasteiger charge is -2.27. The number of methoxy groups -OCH3 is 1. The first kappa shape index (κ1) is 29.6. The molecule has 0 bridgehead atoms. The Morgan fingerprint density at radius 3 is 2.23 bits per heavy atom. The Labute approximate surface area is 231 Å². The number of ether oxygens (including phenoxy) is 3. The van der Waals surface area contributed by atoms with Crippen LogP contribution in [0.5, 0.6) is 17.2 Å². The normalized spacial score (nSPS) is 10.8. The van der Waals surface area contributed by atoms with Gasteiger partial charge in [-0.15, -0.1) is 0 Å². The van der Waals surface area contributed by atoms with Gasteiger partial charge in [-0.25, -0.2) is 0 Å². The molecule has 3 aromatic rings. The molecule has 0 aliphatic heterocycles. The van der Waals surface area contributed by atoms with E-state index in [0.717, 1.165) is 42.6 Å². The molecular formula is C32H40N2O5. The fraction of sp³-hybridized carbons (Fsp3) is 0.375. The van der Waals surface area contributed by atoms with Gasteiger partial charge in [-0.2, -0.15) is 0 Å². The van der Waals surface area contributed by atoms with Crippen LogP contribution in [0.1, 0.15) is 71.9 Å². The Morgan fingerprint density at radius 1 is 0.872 bits per heavy atom. The van der Waals surface area contributed by atoms with Crippen LogP contribution in [0.15, 0.2) is 66.7 Å². The van der Waals surface area contributed by atoms with Crippen molar-refractivity contribution in [2.24, 2.45) is 5.73 Å². The predicted molar refractivity (Wildman–Crippen MR) is 154 cm³/mol. The van der Waals surface area contributed by atoms with Crippen molar-refractivity contribution in [3.05, 3.63) is 89.0 Å². The maximum absolute atomic E-state index is 13.3. The van der Waals surface area contributed by atoms with E-state index >= 15 is 0 Å². The number of hydrogen-bond donors (Lipinski definition) is 1. The molecule has 2 N–H and O–H groups in total. The summed E-state index contributed by atoms with van der Waals surface area (Å²) >= 11 is 0. The van der Waals surface area contributed by atoms with Gasteiger partial charge in [0.1, 0.15) is 5.75 Å². The molecule has 7 heteroatoms. The molecule has 7 nitrogen and oxygen atoms in total. The first-order valence-electron chi connectivity index (χ1n) is 13.5. The number of amides is 2. The molecule has 0 aromatic heterocycles. The molecule has 0 saturated carbocycles. The molecule has 0 aliphatic rings. The molecule has 39 heavy (non-hydrogen) atoms. The van der Waals surface area contributed by atoms with E-state index in [1.807, 2.05) is 62.1 Å². The van der Waals surface area contributed by atoms with Gasteiger partial charge < -0.3 is 24.8 Å². The van der Waals surface area contributed by atoms with E-state index in [-0.39, 0.29) is 11.9 Å². The van der Waals surface area contributed by atoms with E-state index in [1.54, 1.807) is 37.4 Å². The van der Waals surface area contributed by atoms with Crippen molar-refractivity contribution >= 4 is 11.8 Å². The minimum atomic E-state index is -0.420. The molecule has 0 atom stereocenters. The van der Waals surface area contributed by atoms with Crippen LogP contribution in [0, 0.1) is 0 Å². The number of aryl methyl sites for hydroxylation is 1. The molecule has 208 valence electrons. The molecule has 0 fully saturated rings. The lowest BCUT2D eigenvalue weighted by molar-refractivity contribution is 0.0689. The van der Waals surface area contributed by atoms with Crippen LogP contribution in [-0.4, -0.2) is 43.1 Å². The second-order valence-electron chi connectivity index (χ2n) is 9.67. The van der Waals surface area contributed by atoms with Crippen LogP contribution in [0.4, 0.5) is 0 Å². The molecule has 3 rings (SSSR count). The highest BCUT2D eigenvalue weighted by Crippen LogP contribution is 2.29. The highest BCUT2D eigenvalue weighted by molar-refractivity contribution is 5.95. The Bertz CT molecular complexity index is 1230. The zero-order chi connectivity index (χ0) is 28.2. The van der Waals surface area contributed by atoms with Gasteiger partial charge >= 0.3 is 0 Å². The van der Waals surface area contributed by atoms with Crippen molar-refractivity contribution in [1.29, 1.82) is 0 Å². The molecule has 0 radical (unpaired) electrons. The van der Waals surface area contributed by atoms with Crippen molar-refractivity contribution in [2.75, 3.05) is 20.3 Å². The summed E-state index contributed by atoms with van der Waals surface area (Å²) in [7, 11) is 1.58. The van der Waals surface area contributed by atoms with Gasteiger partial charge in [-0.1, -0.05) is 37.3 Å². The number of primary amides is 1. The quantitative estimate of drug-likeness (QED) is 0.241. The average Bonchev–Trinajstić information content (AvgIpc) is 2.95. The van der Waals surface area contributed by atoms with Crippen molar-refractivity contribution in [2.45, 2.75) is 59.0 Å². The number of hydrogen-bond acceptors (Lipinski definition) is 5. The Balaban J connectivity index is 1.47. The summed E-state index contributed by atoms with van der Waals surface area (Å²) in [5, 5.41) is 0. The summed E-state index contributed by atoms with van der Waals surface area (Å²) < 4.78 is 17.3. The number of rotatable bonds is 15. The van der Waals surface area contributed by atoms with Crippen molar-refractivity contribution in [3.63, 3.8) is 0 Å². The van der Waals surface area contributed by atoms with Crippen molar-refractivity contribution in [1.82, 2.24) is 4.90 Å². The Hall–Kier alpha value is -4.00. The maximum Gasteiger partial charge on any atom is 0.254 e. The minimum absolute atomic E-state index is 0.0472. The van der Waals surface area contributed by atoms with Crippen LogP contribution in [0.2, 0.25) is 0 Å². The summed E-state index contributed by atoms with van der Waals surface area (Å²) in [4.78, 5) is 26.7.